The molecule has 1 fully saturated rings. The Balaban J connectivity index is 1.56. The van der Waals surface area contributed by atoms with Crippen LogP contribution in [0, 0.1) is 11.3 Å². The molecular formula is C23H15N3O3. The van der Waals surface area contributed by atoms with Crippen LogP contribution in [0.4, 0.5) is 5.69 Å². The summed E-state index contributed by atoms with van der Waals surface area (Å²) < 4.78 is 5.74. The van der Waals surface area contributed by atoms with Crippen molar-refractivity contribution in [1.82, 2.24) is 5.32 Å². The standard InChI is InChI=1S/C23H15N3O3/c24-14-15-6-10-18(11-7-15)29-19-12-8-17(9-13-19)25-21-20(22(27)26-23(21)28)16-4-2-1-3-5-16/h1-13,20H,(H,26,27,28). The molecule has 0 bridgehead atoms. The molecule has 1 N–H and O–H groups in total. The Morgan fingerprint density at radius 3 is 2.10 bits per heavy atom. The van der Waals surface area contributed by atoms with E-state index in [2.05, 4.69) is 16.4 Å². The molecule has 1 heterocycles. The van der Waals surface area contributed by atoms with Gasteiger partial charge in [-0.3, -0.25) is 14.9 Å². The zero-order chi connectivity index (χ0) is 20.2. The third kappa shape index (κ3) is 3.89. The van der Waals surface area contributed by atoms with E-state index in [4.69, 9.17) is 10.00 Å². The number of nitriles is 1. The highest BCUT2D eigenvalue weighted by molar-refractivity contribution is 6.52. The number of aliphatic imine (C=N–C) groups is 1. The Kier molecular flexibility index (Phi) is 4.87. The molecule has 6 nitrogen and oxygen atoms in total. The van der Waals surface area contributed by atoms with Gasteiger partial charge in [-0.05, 0) is 54.1 Å². The van der Waals surface area contributed by atoms with Gasteiger partial charge in [-0.15, -0.1) is 0 Å². The van der Waals surface area contributed by atoms with Gasteiger partial charge in [0.25, 0.3) is 5.91 Å². The minimum atomic E-state index is -0.724. The molecule has 1 atom stereocenters. The molecular weight excluding hydrogens is 366 g/mol. The lowest BCUT2D eigenvalue weighted by atomic mass is 9.96. The number of imide groups is 1. The molecule has 140 valence electrons. The van der Waals surface area contributed by atoms with Crippen LogP contribution in [0.2, 0.25) is 0 Å². The second-order valence-corrected chi connectivity index (χ2v) is 6.39. The summed E-state index contributed by atoms with van der Waals surface area (Å²) >= 11 is 0. The van der Waals surface area contributed by atoms with Gasteiger partial charge in [-0.1, -0.05) is 30.3 Å². The number of rotatable bonds is 4. The number of carbonyl (C=O) groups excluding carboxylic acids is 2. The van der Waals surface area contributed by atoms with Crippen LogP contribution in [-0.2, 0) is 9.59 Å². The fraction of sp³-hybridized carbons (Fsp3) is 0.0435. The first-order valence-electron chi connectivity index (χ1n) is 8.91. The lowest BCUT2D eigenvalue weighted by Crippen LogP contribution is -2.22. The summed E-state index contributed by atoms with van der Waals surface area (Å²) in [6.07, 6.45) is 0. The maximum absolute atomic E-state index is 12.2. The number of carbonyl (C=O) groups is 2. The van der Waals surface area contributed by atoms with E-state index in [9.17, 15) is 9.59 Å². The van der Waals surface area contributed by atoms with Crippen molar-refractivity contribution in [2.45, 2.75) is 5.92 Å². The van der Waals surface area contributed by atoms with Crippen molar-refractivity contribution in [1.29, 1.82) is 5.26 Å². The van der Waals surface area contributed by atoms with Crippen molar-refractivity contribution in [3.05, 3.63) is 90.0 Å². The normalized spacial score (nSPS) is 17.1. The summed E-state index contributed by atoms with van der Waals surface area (Å²) in [5.41, 5.74) is 1.98. The first kappa shape index (κ1) is 18.1. The molecule has 3 aromatic carbocycles. The molecule has 0 aliphatic carbocycles. The molecule has 1 saturated heterocycles. The summed E-state index contributed by atoms with van der Waals surface area (Å²) in [5, 5.41) is 11.2. The van der Waals surface area contributed by atoms with E-state index in [1.807, 2.05) is 18.2 Å². The maximum atomic E-state index is 12.2. The van der Waals surface area contributed by atoms with Crippen molar-refractivity contribution in [2.24, 2.45) is 4.99 Å². The van der Waals surface area contributed by atoms with Crippen LogP contribution in [-0.4, -0.2) is 17.5 Å². The minimum Gasteiger partial charge on any atom is -0.457 e. The van der Waals surface area contributed by atoms with E-state index in [-0.39, 0.29) is 11.6 Å². The molecule has 4 rings (SSSR count). The van der Waals surface area contributed by atoms with E-state index < -0.39 is 11.8 Å². The molecule has 1 unspecified atom stereocenters. The van der Waals surface area contributed by atoms with Crippen LogP contribution in [0.15, 0.2) is 83.9 Å². The van der Waals surface area contributed by atoms with Crippen LogP contribution < -0.4 is 10.1 Å². The smallest absolute Gasteiger partial charge is 0.273 e. The van der Waals surface area contributed by atoms with Gasteiger partial charge in [0.1, 0.15) is 23.1 Å². The predicted molar refractivity (Wildman–Crippen MR) is 107 cm³/mol. The maximum Gasteiger partial charge on any atom is 0.273 e. The Labute approximate surface area is 167 Å². The van der Waals surface area contributed by atoms with Crippen molar-refractivity contribution in [2.75, 3.05) is 0 Å². The van der Waals surface area contributed by atoms with Gasteiger partial charge in [0.15, 0.2) is 0 Å². The second kappa shape index (κ2) is 7.79. The summed E-state index contributed by atoms with van der Waals surface area (Å²) in [4.78, 5) is 28.9. The summed E-state index contributed by atoms with van der Waals surface area (Å²) in [7, 11) is 0. The van der Waals surface area contributed by atoms with Crippen LogP contribution >= 0.6 is 0 Å². The van der Waals surface area contributed by atoms with Crippen molar-refractivity contribution >= 4 is 23.2 Å². The SMILES string of the molecule is N#Cc1ccc(Oc2ccc(N=C3C(=O)NC(=O)C3c3ccccc3)cc2)cc1. The Hall–Kier alpha value is -4.24. The molecule has 0 radical (unpaired) electrons. The van der Waals surface area contributed by atoms with Crippen LogP contribution in [0.1, 0.15) is 17.0 Å². The predicted octanol–water partition coefficient (Wildman–Crippen LogP) is 3.86. The summed E-state index contributed by atoms with van der Waals surface area (Å²) in [5.74, 6) is -0.390. The first-order valence-corrected chi connectivity index (χ1v) is 8.91. The fourth-order valence-electron chi connectivity index (χ4n) is 3.03. The highest BCUT2D eigenvalue weighted by atomic mass is 16.5. The molecule has 0 saturated carbocycles. The van der Waals surface area contributed by atoms with Crippen LogP contribution in [0.25, 0.3) is 0 Å². The van der Waals surface area contributed by atoms with E-state index >= 15 is 0 Å². The van der Waals surface area contributed by atoms with Crippen molar-refractivity contribution in [3.63, 3.8) is 0 Å². The van der Waals surface area contributed by atoms with Crippen LogP contribution in [0.5, 0.6) is 11.5 Å². The lowest BCUT2D eigenvalue weighted by molar-refractivity contribution is -0.124. The first-order chi connectivity index (χ1) is 14.1. The topological polar surface area (TPSA) is 91.5 Å². The van der Waals surface area contributed by atoms with Gasteiger partial charge in [0, 0.05) is 0 Å². The average molecular weight is 381 g/mol. The molecule has 1 aliphatic heterocycles. The lowest BCUT2D eigenvalue weighted by Gasteiger charge is -2.08. The summed E-state index contributed by atoms with van der Waals surface area (Å²) in [6, 6.07) is 24.8. The number of amides is 2. The van der Waals surface area contributed by atoms with Gasteiger partial charge in [0.05, 0.1) is 17.3 Å². The van der Waals surface area contributed by atoms with Gasteiger partial charge in [-0.2, -0.15) is 5.26 Å². The largest absolute Gasteiger partial charge is 0.457 e. The number of nitrogens with one attached hydrogen (secondary N) is 1. The molecule has 0 aromatic heterocycles. The van der Waals surface area contributed by atoms with Gasteiger partial charge >= 0.3 is 0 Å². The van der Waals surface area contributed by atoms with Gasteiger partial charge < -0.3 is 4.74 Å². The number of hydrogen-bond donors (Lipinski definition) is 1. The number of nitrogens with zero attached hydrogens (tertiary/aromatic N) is 2. The number of ether oxygens (including phenoxy) is 1. The molecule has 6 heteroatoms. The van der Waals surface area contributed by atoms with Crippen molar-refractivity contribution in [3.8, 4) is 17.6 Å². The quantitative estimate of drug-likeness (QED) is 0.695. The second-order valence-electron chi connectivity index (χ2n) is 6.39. The molecule has 2 amide bonds. The van der Waals surface area contributed by atoms with Crippen LogP contribution in [0.3, 0.4) is 0 Å². The Morgan fingerprint density at radius 1 is 0.862 bits per heavy atom. The Bertz CT molecular complexity index is 1130. The van der Waals surface area contributed by atoms with E-state index in [1.165, 1.54) is 0 Å². The molecule has 1 aliphatic rings. The fourth-order valence-corrected chi connectivity index (χ4v) is 3.03. The van der Waals surface area contributed by atoms with E-state index in [0.717, 1.165) is 5.56 Å². The van der Waals surface area contributed by atoms with Crippen molar-refractivity contribution < 1.29 is 14.3 Å². The highest BCUT2D eigenvalue weighted by Gasteiger charge is 2.39. The molecule has 0 spiro atoms. The monoisotopic (exact) mass is 381 g/mol. The van der Waals surface area contributed by atoms with Gasteiger partial charge in [0.2, 0.25) is 5.91 Å². The minimum absolute atomic E-state index is 0.168. The molecule has 3 aromatic rings. The Morgan fingerprint density at radius 2 is 1.48 bits per heavy atom. The summed E-state index contributed by atoms with van der Waals surface area (Å²) in [6.45, 7) is 0. The highest BCUT2D eigenvalue weighted by Crippen LogP contribution is 2.28. The van der Waals surface area contributed by atoms with E-state index in [1.54, 1.807) is 60.7 Å². The zero-order valence-corrected chi connectivity index (χ0v) is 15.2. The zero-order valence-electron chi connectivity index (χ0n) is 15.2. The third-order valence-corrected chi connectivity index (χ3v) is 4.44. The van der Waals surface area contributed by atoms with E-state index in [0.29, 0.717) is 22.7 Å². The number of hydrogen-bond acceptors (Lipinski definition) is 5. The molecule has 29 heavy (non-hydrogen) atoms. The third-order valence-electron chi connectivity index (χ3n) is 4.44. The number of benzene rings is 3. The van der Waals surface area contributed by atoms with Gasteiger partial charge in [-0.25, -0.2) is 4.99 Å². The average Bonchev–Trinajstić information content (AvgIpc) is 3.03.